The van der Waals surface area contributed by atoms with Crippen molar-refractivity contribution in [1.29, 1.82) is 0 Å². The van der Waals surface area contributed by atoms with Crippen LogP contribution < -0.4 is 15.4 Å². The topological polar surface area (TPSA) is 66.0 Å². The van der Waals surface area contributed by atoms with Crippen molar-refractivity contribution in [3.05, 3.63) is 29.8 Å². The van der Waals surface area contributed by atoms with Gasteiger partial charge in [0.15, 0.2) is 5.96 Å². The van der Waals surface area contributed by atoms with Gasteiger partial charge in [-0.25, -0.2) is 0 Å². The molecule has 1 aromatic carbocycles. The van der Waals surface area contributed by atoms with Crippen LogP contribution in [-0.4, -0.2) is 49.6 Å². The third kappa shape index (κ3) is 7.04. The van der Waals surface area contributed by atoms with Crippen molar-refractivity contribution in [3.63, 3.8) is 0 Å². The van der Waals surface area contributed by atoms with E-state index in [1.54, 1.807) is 7.05 Å². The maximum atomic E-state index is 12.6. The summed E-state index contributed by atoms with van der Waals surface area (Å²) in [6, 6.07) is 8.41. The SMILES string of the molecule is CCCOc1cccc(CNC(=NC)NC2CCN(C(=O)C3CCCC3)C2)c1.I. The standard InChI is InChI=1S/C22H34N4O2.HI/c1-3-13-28-20-10-6-7-17(14-20)15-24-22(23-2)25-19-11-12-26(16-19)21(27)18-8-4-5-9-18;/h6-7,10,14,18-19H,3-5,8-9,11-13,15-16H2,1-2H3,(H2,23,24,25);1H. The number of likely N-dealkylation sites (tertiary alicyclic amines) is 1. The monoisotopic (exact) mass is 514 g/mol. The Balaban J connectivity index is 0.00000300. The van der Waals surface area contributed by atoms with Crippen molar-refractivity contribution in [1.82, 2.24) is 15.5 Å². The summed E-state index contributed by atoms with van der Waals surface area (Å²) in [5.74, 6) is 2.30. The summed E-state index contributed by atoms with van der Waals surface area (Å²) in [5, 5.41) is 6.85. The molecule has 1 aromatic rings. The minimum Gasteiger partial charge on any atom is -0.494 e. The number of rotatable bonds is 7. The van der Waals surface area contributed by atoms with E-state index in [1.807, 2.05) is 17.0 Å². The summed E-state index contributed by atoms with van der Waals surface area (Å²) in [4.78, 5) is 19.0. The predicted octanol–water partition coefficient (Wildman–Crippen LogP) is 3.55. The van der Waals surface area contributed by atoms with Crippen LogP contribution in [0.25, 0.3) is 0 Å². The predicted molar refractivity (Wildman–Crippen MR) is 128 cm³/mol. The van der Waals surface area contributed by atoms with E-state index in [0.29, 0.717) is 12.5 Å². The second kappa shape index (κ2) is 12.2. The largest absolute Gasteiger partial charge is 0.494 e. The van der Waals surface area contributed by atoms with E-state index >= 15 is 0 Å². The molecule has 7 heteroatoms. The van der Waals surface area contributed by atoms with E-state index in [2.05, 4.69) is 34.7 Å². The van der Waals surface area contributed by atoms with Crippen LogP contribution in [0, 0.1) is 5.92 Å². The molecule has 1 heterocycles. The molecule has 0 bridgehead atoms. The van der Waals surface area contributed by atoms with Crippen LogP contribution in [-0.2, 0) is 11.3 Å². The Labute approximate surface area is 191 Å². The highest BCUT2D eigenvalue weighted by Crippen LogP contribution is 2.27. The number of carbonyl (C=O) groups excluding carboxylic acids is 1. The highest BCUT2D eigenvalue weighted by molar-refractivity contribution is 14.0. The number of nitrogens with one attached hydrogen (secondary N) is 2. The average molecular weight is 514 g/mol. The Bertz CT molecular complexity index is 677. The lowest BCUT2D eigenvalue weighted by atomic mass is 10.1. The number of hydrogen-bond donors (Lipinski definition) is 2. The van der Waals surface area contributed by atoms with E-state index < -0.39 is 0 Å². The Morgan fingerprint density at radius 3 is 2.79 bits per heavy atom. The molecule has 1 unspecified atom stereocenters. The van der Waals surface area contributed by atoms with Gasteiger partial charge in [0, 0.05) is 38.6 Å². The molecule has 1 saturated carbocycles. The normalized spacial score (nSPS) is 19.7. The molecule has 6 nitrogen and oxygen atoms in total. The first-order valence-electron chi connectivity index (χ1n) is 10.7. The first-order valence-corrected chi connectivity index (χ1v) is 10.7. The van der Waals surface area contributed by atoms with Crippen LogP contribution in [0.1, 0.15) is 51.0 Å². The van der Waals surface area contributed by atoms with Crippen molar-refractivity contribution >= 4 is 35.8 Å². The van der Waals surface area contributed by atoms with E-state index in [1.165, 1.54) is 12.8 Å². The molecule has 1 aliphatic heterocycles. The van der Waals surface area contributed by atoms with Crippen molar-refractivity contribution < 1.29 is 9.53 Å². The fourth-order valence-electron chi connectivity index (χ4n) is 4.05. The zero-order valence-electron chi connectivity index (χ0n) is 17.7. The molecule has 29 heavy (non-hydrogen) atoms. The zero-order valence-corrected chi connectivity index (χ0v) is 20.0. The summed E-state index contributed by atoms with van der Waals surface area (Å²) >= 11 is 0. The minimum absolute atomic E-state index is 0. The van der Waals surface area contributed by atoms with Crippen LogP contribution in [0.2, 0.25) is 0 Å². The van der Waals surface area contributed by atoms with Gasteiger partial charge in [0.25, 0.3) is 0 Å². The number of halogens is 1. The van der Waals surface area contributed by atoms with Crippen LogP contribution in [0.5, 0.6) is 5.75 Å². The van der Waals surface area contributed by atoms with E-state index in [0.717, 1.165) is 62.7 Å². The number of ether oxygens (including phenoxy) is 1. The lowest BCUT2D eigenvalue weighted by Crippen LogP contribution is -2.45. The smallest absolute Gasteiger partial charge is 0.225 e. The molecule has 162 valence electrons. The van der Waals surface area contributed by atoms with Crippen molar-refractivity contribution in [2.24, 2.45) is 10.9 Å². The summed E-state index contributed by atoms with van der Waals surface area (Å²) in [6.07, 6.45) is 6.51. The van der Waals surface area contributed by atoms with E-state index in [9.17, 15) is 4.79 Å². The Morgan fingerprint density at radius 2 is 2.07 bits per heavy atom. The number of amides is 1. The summed E-state index contributed by atoms with van der Waals surface area (Å²) in [6.45, 7) is 5.14. The molecule has 3 rings (SSSR count). The second-order valence-electron chi connectivity index (χ2n) is 7.82. The molecule has 0 aromatic heterocycles. The molecular formula is C22H35IN4O2. The quantitative estimate of drug-likeness (QED) is 0.332. The Kier molecular flexibility index (Phi) is 10.0. The van der Waals surface area contributed by atoms with Crippen molar-refractivity contribution in [2.45, 2.75) is 58.0 Å². The molecule has 1 aliphatic carbocycles. The van der Waals surface area contributed by atoms with Crippen molar-refractivity contribution in [3.8, 4) is 5.75 Å². The molecule has 1 saturated heterocycles. The number of guanidine groups is 1. The maximum Gasteiger partial charge on any atom is 0.225 e. The fraction of sp³-hybridized carbons (Fsp3) is 0.636. The van der Waals surface area contributed by atoms with Gasteiger partial charge in [0.2, 0.25) is 5.91 Å². The van der Waals surface area contributed by atoms with Crippen molar-refractivity contribution in [2.75, 3.05) is 26.7 Å². The highest BCUT2D eigenvalue weighted by Gasteiger charge is 2.32. The number of benzene rings is 1. The maximum absolute atomic E-state index is 12.6. The van der Waals surface area contributed by atoms with Crippen LogP contribution >= 0.6 is 24.0 Å². The molecule has 0 spiro atoms. The van der Waals surface area contributed by atoms with E-state index in [-0.39, 0.29) is 35.9 Å². The molecule has 0 radical (unpaired) electrons. The molecular weight excluding hydrogens is 479 g/mol. The number of aliphatic imine (C=N–C) groups is 1. The third-order valence-electron chi connectivity index (χ3n) is 5.60. The summed E-state index contributed by atoms with van der Waals surface area (Å²) < 4.78 is 5.70. The lowest BCUT2D eigenvalue weighted by molar-refractivity contribution is -0.134. The number of nitrogens with zero attached hydrogens (tertiary/aromatic N) is 2. The summed E-state index contributed by atoms with van der Waals surface area (Å²) in [7, 11) is 1.78. The lowest BCUT2D eigenvalue weighted by Gasteiger charge is -2.21. The summed E-state index contributed by atoms with van der Waals surface area (Å²) in [5.41, 5.74) is 1.15. The third-order valence-corrected chi connectivity index (χ3v) is 5.60. The van der Waals surface area contributed by atoms with Gasteiger partial charge in [-0.2, -0.15) is 0 Å². The number of hydrogen-bond acceptors (Lipinski definition) is 3. The highest BCUT2D eigenvalue weighted by atomic mass is 127. The number of carbonyl (C=O) groups is 1. The first kappa shape index (κ1) is 23.8. The fourth-order valence-corrected chi connectivity index (χ4v) is 4.05. The van der Waals surface area contributed by atoms with Gasteiger partial charge in [-0.05, 0) is 43.4 Å². The Morgan fingerprint density at radius 1 is 1.28 bits per heavy atom. The van der Waals surface area contributed by atoms with Gasteiger partial charge >= 0.3 is 0 Å². The molecule has 2 aliphatic rings. The first-order chi connectivity index (χ1) is 13.7. The minimum atomic E-state index is 0. The van der Waals surface area contributed by atoms with Crippen LogP contribution in [0.4, 0.5) is 0 Å². The zero-order chi connectivity index (χ0) is 19.8. The van der Waals surface area contributed by atoms with Gasteiger partial charge < -0.3 is 20.3 Å². The average Bonchev–Trinajstić information content (AvgIpc) is 3.41. The van der Waals surface area contributed by atoms with E-state index in [4.69, 9.17) is 4.74 Å². The molecule has 1 amide bonds. The van der Waals surface area contributed by atoms with Gasteiger partial charge in [0.1, 0.15) is 5.75 Å². The van der Waals surface area contributed by atoms with Gasteiger partial charge in [-0.1, -0.05) is 31.9 Å². The van der Waals surface area contributed by atoms with Crippen LogP contribution in [0.15, 0.2) is 29.3 Å². The molecule has 2 N–H and O–H groups in total. The molecule has 1 atom stereocenters. The van der Waals surface area contributed by atoms with Crippen LogP contribution in [0.3, 0.4) is 0 Å². The Hall–Kier alpha value is -1.51. The van der Waals surface area contributed by atoms with Gasteiger partial charge in [-0.15, -0.1) is 24.0 Å². The second-order valence-corrected chi connectivity index (χ2v) is 7.82. The van der Waals surface area contributed by atoms with Gasteiger partial charge in [-0.3, -0.25) is 9.79 Å². The molecule has 2 fully saturated rings. The van der Waals surface area contributed by atoms with Gasteiger partial charge in [0.05, 0.1) is 6.61 Å².